The maximum absolute atomic E-state index is 12.6. The highest BCUT2D eigenvalue weighted by atomic mass is 16.5. The van der Waals surface area contributed by atoms with Crippen molar-refractivity contribution in [3.05, 3.63) is 83.8 Å². The van der Waals surface area contributed by atoms with Crippen LogP contribution in [0, 0.1) is 6.92 Å². The molecule has 0 spiro atoms. The quantitative estimate of drug-likeness (QED) is 0.375. The summed E-state index contributed by atoms with van der Waals surface area (Å²) in [6, 6.07) is 17.8. The number of carbonyl (C=O) groups excluding carboxylic acids is 1. The van der Waals surface area contributed by atoms with E-state index in [1.165, 1.54) is 11.0 Å². The number of hydrogen-bond donors (Lipinski definition) is 3. The van der Waals surface area contributed by atoms with Gasteiger partial charge in [0.05, 0.1) is 23.0 Å². The van der Waals surface area contributed by atoms with Gasteiger partial charge in [-0.1, -0.05) is 36.4 Å². The average Bonchev–Trinajstić information content (AvgIpc) is 3.31. The summed E-state index contributed by atoms with van der Waals surface area (Å²) in [4.78, 5) is 18.3. The number of pyridine rings is 1. The van der Waals surface area contributed by atoms with Crippen molar-refractivity contribution in [3.8, 4) is 5.69 Å². The number of hydrogen-bond acceptors (Lipinski definition) is 8. The zero-order valence-corrected chi connectivity index (χ0v) is 17.2. The predicted molar refractivity (Wildman–Crippen MR) is 115 cm³/mol. The van der Waals surface area contributed by atoms with Crippen LogP contribution in [0.4, 0.5) is 0 Å². The Labute approximate surface area is 183 Å². The maximum atomic E-state index is 12.6. The van der Waals surface area contributed by atoms with Gasteiger partial charge in [0, 0.05) is 11.1 Å². The van der Waals surface area contributed by atoms with E-state index < -0.39 is 30.9 Å². The Kier molecular flexibility index (Phi) is 6.22. The zero-order chi connectivity index (χ0) is 22.7. The molecule has 9 nitrogen and oxygen atoms in total. The first kappa shape index (κ1) is 21.6. The molecule has 3 atom stereocenters. The van der Waals surface area contributed by atoms with Crippen LogP contribution < -0.4 is 0 Å². The first-order valence-electron chi connectivity index (χ1n) is 9.99. The fraction of sp³-hybridized carbons (Fsp3) is 0.217. The molecule has 0 fully saturated rings. The van der Waals surface area contributed by atoms with E-state index in [4.69, 9.17) is 4.74 Å². The third kappa shape index (κ3) is 4.50. The normalized spacial score (nSPS) is 14.1. The zero-order valence-electron chi connectivity index (χ0n) is 17.2. The number of aliphatic hydroxyl groups is 3. The van der Waals surface area contributed by atoms with Crippen molar-refractivity contribution in [2.45, 2.75) is 25.2 Å². The summed E-state index contributed by atoms with van der Waals surface area (Å²) in [5.41, 5.74) is 2.35. The monoisotopic (exact) mass is 434 g/mol. The molecule has 0 bridgehead atoms. The van der Waals surface area contributed by atoms with Gasteiger partial charge in [-0.3, -0.25) is 4.98 Å². The summed E-state index contributed by atoms with van der Waals surface area (Å²) in [7, 11) is 0. The number of rotatable bonds is 7. The second-order valence-electron chi connectivity index (χ2n) is 7.32. The molecule has 0 aliphatic rings. The molecule has 2 aromatic carbocycles. The van der Waals surface area contributed by atoms with E-state index in [0.29, 0.717) is 27.8 Å². The maximum Gasteiger partial charge on any atom is 0.338 e. The van der Waals surface area contributed by atoms with Crippen LogP contribution in [0.25, 0.3) is 16.6 Å². The molecule has 2 aromatic heterocycles. The summed E-state index contributed by atoms with van der Waals surface area (Å²) in [6.07, 6.45) is -3.40. The van der Waals surface area contributed by atoms with Gasteiger partial charge in [0.1, 0.15) is 30.6 Å². The predicted octanol–water partition coefficient (Wildman–Crippen LogP) is 1.74. The Hall–Kier alpha value is -3.66. The minimum Gasteiger partial charge on any atom is -0.459 e. The van der Waals surface area contributed by atoms with Gasteiger partial charge < -0.3 is 20.1 Å². The summed E-state index contributed by atoms with van der Waals surface area (Å²) in [6.45, 7) is 1.25. The molecular weight excluding hydrogens is 412 g/mol. The van der Waals surface area contributed by atoms with E-state index in [1.807, 2.05) is 24.3 Å². The molecular formula is C23H22N4O5. The Morgan fingerprint density at radius 3 is 2.56 bits per heavy atom. The van der Waals surface area contributed by atoms with Crippen LogP contribution >= 0.6 is 0 Å². The van der Waals surface area contributed by atoms with Gasteiger partial charge in [-0.15, -0.1) is 0 Å². The van der Waals surface area contributed by atoms with Crippen LogP contribution in [0.1, 0.15) is 27.8 Å². The van der Waals surface area contributed by atoms with Gasteiger partial charge in [-0.05, 0) is 31.2 Å². The van der Waals surface area contributed by atoms with Gasteiger partial charge in [0.15, 0.2) is 0 Å². The van der Waals surface area contributed by atoms with Crippen molar-refractivity contribution in [3.63, 3.8) is 0 Å². The van der Waals surface area contributed by atoms with Gasteiger partial charge >= 0.3 is 5.97 Å². The highest BCUT2D eigenvalue weighted by Gasteiger charge is 2.29. The van der Waals surface area contributed by atoms with Crippen LogP contribution in [-0.4, -0.2) is 60.1 Å². The smallest absolute Gasteiger partial charge is 0.338 e. The topological polar surface area (TPSA) is 131 Å². The summed E-state index contributed by atoms with van der Waals surface area (Å²) in [5, 5.41) is 39.9. The molecule has 0 radical (unpaired) electrons. The molecule has 0 aliphatic heterocycles. The fourth-order valence-electron chi connectivity index (χ4n) is 3.30. The van der Waals surface area contributed by atoms with Crippen LogP contribution in [0.3, 0.4) is 0 Å². The number of aromatic nitrogens is 4. The van der Waals surface area contributed by atoms with Gasteiger partial charge in [-0.2, -0.15) is 15.0 Å². The lowest BCUT2D eigenvalue weighted by molar-refractivity contribution is -0.0824. The molecule has 0 aliphatic carbocycles. The van der Waals surface area contributed by atoms with Crippen LogP contribution in [0.2, 0.25) is 0 Å². The fourth-order valence-corrected chi connectivity index (χ4v) is 3.30. The molecule has 0 saturated heterocycles. The number of aliphatic hydroxyl groups excluding tert-OH is 3. The molecule has 9 heteroatoms. The number of esters is 1. The minimum absolute atomic E-state index is 0.0717. The van der Waals surface area contributed by atoms with Crippen LogP contribution in [-0.2, 0) is 4.74 Å². The lowest BCUT2D eigenvalue weighted by atomic mass is 10.1. The molecule has 4 aromatic rings. The third-order valence-electron chi connectivity index (χ3n) is 4.97. The Morgan fingerprint density at radius 2 is 1.78 bits per heavy atom. The summed E-state index contributed by atoms with van der Waals surface area (Å²) < 4.78 is 5.21. The molecule has 164 valence electrons. The van der Waals surface area contributed by atoms with E-state index in [0.717, 1.165) is 0 Å². The first-order chi connectivity index (χ1) is 15.4. The number of ether oxygens (including phenoxy) is 1. The largest absolute Gasteiger partial charge is 0.459 e. The van der Waals surface area contributed by atoms with E-state index in [9.17, 15) is 20.1 Å². The van der Waals surface area contributed by atoms with E-state index >= 15 is 0 Å². The molecule has 0 saturated carbocycles. The molecule has 2 heterocycles. The number of aryl methyl sites for hydroxylation is 1. The number of fused-ring (bicyclic) bond motifs is 1. The number of nitrogens with zero attached hydrogens (tertiary/aromatic N) is 4. The van der Waals surface area contributed by atoms with Crippen LogP contribution in [0.5, 0.6) is 0 Å². The molecule has 0 amide bonds. The Morgan fingerprint density at radius 1 is 1.06 bits per heavy atom. The van der Waals surface area contributed by atoms with Gasteiger partial charge in [0.25, 0.3) is 0 Å². The second-order valence-corrected chi connectivity index (χ2v) is 7.32. The molecule has 3 N–H and O–H groups in total. The van der Waals surface area contributed by atoms with E-state index in [1.54, 1.807) is 43.3 Å². The summed E-state index contributed by atoms with van der Waals surface area (Å²) >= 11 is 0. The van der Waals surface area contributed by atoms with E-state index in [2.05, 4.69) is 15.2 Å². The third-order valence-corrected chi connectivity index (χ3v) is 4.97. The Bertz CT molecular complexity index is 1230. The summed E-state index contributed by atoms with van der Waals surface area (Å²) in [5.74, 6) is -0.664. The highest BCUT2D eigenvalue weighted by molar-refractivity contribution is 6.03. The second kappa shape index (κ2) is 9.23. The van der Waals surface area contributed by atoms with E-state index in [-0.39, 0.29) is 5.69 Å². The Balaban J connectivity index is 1.41. The van der Waals surface area contributed by atoms with Gasteiger partial charge in [0.2, 0.25) is 0 Å². The number of benzene rings is 2. The van der Waals surface area contributed by atoms with Crippen molar-refractivity contribution >= 4 is 16.9 Å². The van der Waals surface area contributed by atoms with Crippen molar-refractivity contribution in [1.29, 1.82) is 0 Å². The lowest BCUT2D eigenvalue weighted by Gasteiger charge is -2.21. The van der Waals surface area contributed by atoms with Crippen LogP contribution in [0.15, 0.2) is 66.9 Å². The molecule has 4 rings (SSSR count). The number of para-hydroxylation sites is 2. The average molecular weight is 434 g/mol. The molecule has 32 heavy (non-hydrogen) atoms. The van der Waals surface area contributed by atoms with Crippen molar-refractivity contribution in [1.82, 2.24) is 20.0 Å². The molecule has 0 unspecified atom stereocenters. The minimum atomic E-state index is -1.64. The first-order valence-corrected chi connectivity index (χ1v) is 9.99. The number of carbonyl (C=O) groups is 1. The standard InChI is InChI=1S/C23H22N4O5/c1-14-11-17(16-9-5-6-10-18(16)25-14)23(31)32-13-20(28)22(30)21(29)19-12-24-27(26-19)15-7-3-2-4-8-15/h2-12,20-22,28-30H,13H2,1H3/t20-,21-,22+/m0/s1. The van der Waals surface area contributed by atoms with Crippen molar-refractivity contribution in [2.75, 3.05) is 6.61 Å². The van der Waals surface area contributed by atoms with Crippen molar-refractivity contribution in [2.24, 2.45) is 0 Å². The lowest BCUT2D eigenvalue weighted by Crippen LogP contribution is -2.36. The SMILES string of the molecule is Cc1cc(C(=O)OC[C@H](O)[C@@H](O)[C@@H](O)c2cnn(-c3ccccc3)n2)c2ccccc2n1. The van der Waals surface area contributed by atoms with Crippen molar-refractivity contribution < 1.29 is 24.9 Å². The van der Waals surface area contributed by atoms with Gasteiger partial charge in [-0.25, -0.2) is 4.79 Å². The highest BCUT2D eigenvalue weighted by Crippen LogP contribution is 2.21.